The average Bonchev–Trinajstić information content (AvgIpc) is 2.47. The zero-order chi connectivity index (χ0) is 11.1. The quantitative estimate of drug-likeness (QED) is 0.621. The van der Waals surface area contributed by atoms with Crippen LogP contribution in [0.1, 0.15) is 0 Å². The molecule has 4 nitrogen and oxygen atoms in total. The highest BCUT2D eigenvalue weighted by atomic mass is 19.4. The lowest BCUT2D eigenvalue weighted by Gasteiger charge is -2.14. The van der Waals surface area contributed by atoms with E-state index in [0.29, 0.717) is 0 Å². The summed E-state index contributed by atoms with van der Waals surface area (Å²) in [6.07, 6.45) is -8.25. The first-order valence-corrected chi connectivity index (χ1v) is 4.29. The smallest absolute Gasteiger partial charge is 0.440 e. The van der Waals surface area contributed by atoms with Gasteiger partial charge in [0, 0.05) is 0 Å². The van der Waals surface area contributed by atoms with Gasteiger partial charge < -0.3 is 18.9 Å². The standard InChI is InChI=1S/C8H9F3O4/c1-4-12-2-5-6(3-13-4)15-7(14-5)8(9,10)11/h5-7H,1-3H2/t5-,6?,7?/m0/s1. The van der Waals surface area contributed by atoms with E-state index >= 15 is 0 Å². The number of alkyl halides is 3. The molecule has 2 aliphatic heterocycles. The molecule has 0 bridgehead atoms. The summed E-state index contributed by atoms with van der Waals surface area (Å²) in [6, 6.07) is 0. The van der Waals surface area contributed by atoms with Crippen molar-refractivity contribution in [3.8, 4) is 0 Å². The van der Waals surface area contributed by atoms with Crippen LogP contribution in [0.15, 0.2) is 12.5 Å². The van der Waals surface area contributed by atoms with Crippen molar-refractivity contribution in [2.75, 3.05) is 13.2 Å². The maximum Gasteiger partial charge on any atom is 0.440 e. The average molecular weight is 226 g/mol. The SMILES string of the molecule is C=C1OCC2OC(C(F)(F)F)O[C@H]2CO1. The third-order valence-electron chi connectivity index (χ3n) is 2.10. The van der Waals surface area contributed by atoms with Crippen molar-refractivity contribution in [2.45, 2.75) is 24.7 Å². The minimum absolute atomic E-state index is 0.0456. The monoisotopic (exact) mass is 226 g/mol. The Morgan fingerprint density at radius 2 is 1.53 bits per heavy atom. The Balaban J connectivity index is 2.00. The Hall–Kier alpha value is -0.950. The molecule has 0 aromatic carbocycles. The van der Waals surface area contributed by atoms with Crippen LogP contribution >= 0.6 is 0 Å². The van der Waals surface area contributed by atoms with Crippen LogP contribution in [0, 0.1) is 0 Å². The molecule has 2 saturated heterocycles. The van der Waals surface area contributed by atoms with Crippen LogP contribution in [-0.4, -0.2) is 37.9 Å². The van der Waals surface area contributed by atoms with E-state index in [4.69, 9.17) is 9.47 Å². The third-order valence-corrected chi connectivity index (χ3v) is 2.10. The molecule has 2 unspecified atom stereocenters. The zero-order valence-corrected chi connectivity index (χ0v) is 7.62. The molecule has 0 aliphatic carbocycles. The van der Waals surface area contributed by atoms with Crippen molar-refractivity contribution < 1.29 is 32.1 Å². The molecule has 3 atom stereocenters. The molecule has 0 aromatic rings. The molecule has 0 radical (unpaired) electrons. The maximum absolute atomic E-state index is 12.2. The van der Waals surface area contributed by atoms with Gasteiger partial charge in [-0.2, -0.15) is 13.2 Å². The van der Waals surface area contributed by atoms with Gasteiger partial charge in [-0.1, -0.05) is 0 Å². The summed E-state index contributed by atoms with van der Waals surface area (Å²) >= 11 is 0. The second-order valence-electron chi connectivity index (χ2n) is 3.22. The zero-order valence-electron chi connectivity index (χ0n) is 7.62. The summed E-state index contributed by atoms with van der Waals surface area (Å²) in [4.78, 5) is 0. The Morgan fingerprint density at radius 3 is 1.93 bits per heavy atom. The minimum Gasteiger partial charge on any atom is -0.463 e. The van der Waals surface area contributed by atoms with E-state index < -0.39 is 24.7 Å². The van der Waals surface area contributed by atoms with E-state index in [0.717, 1.165) is 0 Å². The first kappa shape index (κ1) is 10.6. The van der Waals surface area contributed by atoms with Crippen LogP contribution in [-0.2, 0) is 18.9 Å². The van der Waals surface area contributed by atoms with Gasteiger partial charge in [0.25, 0.3) is 12.2 Å². The Kier molecular flexibility index (Phi) is 2.51. The number of hydrogen-bond acceptors (Lipinski definition) is 4. The molecule has 0 saturated carbocycles. The number of ether oxygens (including phenoxy) is 4. The van der Waals surface area contributed by atoms with Gasteiger partial charge in [-0.3, -0.25) is 0 Å². The van der Waals surface area contributed by atoms with Crippen LogP contribution in [0.5, 0.6) is 0 Å². The van der Waals surface area contributed by atoms with E-state index in [9.17, 15) is 13.2 Å². The summed E-state index contributed by atoms with van der Waals surface area (Å²) in [5.74, 6) is 0.0696. The molecule has 86 valence electrons. The summed E-state index contributed by atoms with van der Waals surface area (Å²) < 4.78 is 55.8. The van der Waals surface area contributed by atoms with Crippen molar-refractivity contribution in [2.24, 2.45) is 0 Å². The molecule has 2 heterocycles. The molecule has 7 heteroatoms. The topological polar surface area (TPSA) is 36.9 Å². The molecule has 2 fully saturated rings. The molecule has 2 rings (SSSR count). The van der Waals surface area contributed by atoms with Crippen molar-refractivity contribution in [3.63, 3.8) is 0 Å². The highest BCUT2D eigenvalue weighted by molar-refractivity contribution is 4.85. The summed E-state index contributed by atoms with van der Waals surface area (Å²) in [6.45, 7) is 3.30. The molecule has 0 N–H and O–H groups in total. The van der Waals surface area contributed by atoms with Crippen molar-refractivity contribution >= 4 is 0 Å². The Labute approximate surface area is 83.5 Å². The highest BCUT2D eigenvalue weighted by Gasteiger charge is 2.52. The fraction of sp³-hybridized carbons (Fsp3) is 0.750. The Bertz CT molecular complexity index is 247. The van der Waals surface area contributed by atoms with Gasteiger partial charge in [-0.05, 0) is 6.58 Å². The lowest BCUT2D eigenvalue weighted by atomic mass is 10.2. The van der Waals surface area contributed by atoms with Crippen molar-refractivity contribution in [3.05, 3.63) is 12.5 Å². The van der Waals surface area contributed by atoms with Gasteiger partial charge in [0.2, 0.25) is 0 Å². The summed E-state index contributed by atoms with van der Waals surface area (Å²) in [7, 11) is 0. The highest BCUT2D eigenvalue weighted by Crippen LogP contribution is 2.33. The van der Waals surface area contributed by atoms with Crippen LogP contribution in [0.25, 0.3) is 0 Å². The fourth-order valence-electron chi connectivity index (χ4n) is 1.36. The van der Waals surface area contributed by atoms with Gasteiger partial charge >= 0.3 is 6.18 Å². The molecule has 0 amide bonds. The first-order chi connectivity index (χ1) is 6.97. The fourth-order valence-corrected chi connectivity index (χ4v) is 1.36. The van der Waals surface area contributed by atoms with E-state index in [1.165, 1.54) is 0 Å². The van der Waals surface area contributed by atoms with Crippen LogP contribution in [0.3, 0.4) is 0 Å². The van der Waals surface area contributed by atoms with Gasteiger partial charge in [0.15, 0.2) is 0 Å². The molecular weight excluding hydrogens is 217 g/mol. The van der Waals surface area contributed by atoms with E-state index in [1.54, 1.807) is 0 Å². The predicted molar refractivity (Wildman–Crippen MR) is 40.6 cm³/mol. The van der Waals surface area contributed by atoms with Crippen LogP contribution < -0.4 is 0 Å². The molecular formula is C8H9F3O4. The first-order valence-electron chi connectivity index (χ1n) is 4.29. The maximum atomic E-state index is 12.2. The van der Waals surface area contributed by atoms with E-state index in [-0.39, 0.29) is 19.2 Å². The van der Waals surface area contributed by atoms with Crippen LogP contribution in [0.4, 0.5) is 13.2 Å². The second-order valence-corrected chi connectivity index (χ2v) is 3.22. The minimum atomic E-state index is -4.52. The summed E-state index contributed by atoms with van der Waals surface area (Å²) in [5, 5.41) is 0. The normalized spacial score (nSPS) is 36.5. The van der Waals surface area contributed by atoms with E-state index in [2.05, 4.69) is 16.1 Å². The molecule has 0 spiro atoms. The third kappa shape index (κ3) is 2.18. The lowest BCUT2D eigenvalue weighted by molar-refractivity contribution is -0.283. The number of rotatable bonds is 0. The van der Waals surface area contributed by atoms with Crippen molar-refractivity contribution in [1.82, 2.24) is 0 Å². The van der Waals surface area contributed by atoms with Crippen molar-refractivity contribution in [1.29, 1.82) is 0 Å². The Morgan fingerprint density at radius 1 is 1.07 bits per heavy atom. The van der Waals surface area contributed by atoms with E-state index in [1.807, 2.05) is 0 Å². The summed E-state index contributed by atoms with van der Waals surface area (Å²) in [5.41, 5.74) is 0. The molecule has 0 aromatic heterocycles. The number of fused-ring (bicyclic) bond motifs is 1. The number of hydrogen-bond donors (Lipinski definition) is 0. The lowest BCUT2D eigenvalue weighted by Crippen LogP contribution is -2.30. The van der Waals surface area contributed by atoms with Gasteiger partial charge in [-0.15, -0.1) is 0 Å². The molecule has 2 aliphatic rings. The predicted octanol–water partition coefficient (Wildman–Crippen LogP) is 1.18. The molecule has 15 heavy (non-hydrogen) atoms. The van der Waals surface area contributed by atoms with Crippen LogP contribution in [0.2, 0.25) is 0 Å². The van der Waals surface area contributed by atoms with Gasteiger partial charge in [0.1, 0.15) is 25.4 Å². The largest absolute Gasteiger partial charge is 0.463 e. The number of halogens is 3. The second kappa shape index (κ2) is 3.57. The van der Waals surface area contributed by atoms with Gasteiger partial charge in [0.05, 0.1) is 0 Å². The van der Waals surface area contributed by atoms with Gasteiger partial charge in [-0.25, -0.2) is 0 Å².